The molecule has 0 aliphatic heterocycles. The monoisotopic (exact) mass is 462 g/mol. The summed E-state index contributed by atoms with van der Waals surface area (Å²) in [7, 11) is 1.58. The molecule has 0 radical (unpaired) electrons. The topological polar surface area (TPSA) is 58.6 Å². The van der Waals surface area contributed by atoms with Crippen molar-refractivity contribution in [3.8, 4) is 5.75 Å². The predicted octanol–water partition coefficient (Wildman–Crippen LogP) is 4.54. The van der Waals surface area contributed by atoms with Gasteiger partial charge in [0.25, 0.3) is 0 Å². The van der Waals surface area contributed by atoms with Crippen molar-refractivity contribution in [1.29, 1.82) is 0 Å². The molecule has 1 N–H and O–H groups in total. The summed E-state index contributed by atoms with van der Waals surface area (Å²) in [4.78, 5) is 28.3. The van der Waals surface area contributed by atoms with Crippen LogP contribution in [0, 0.1) is 5.82 Å². The summed E-state index contributed by atoms with van der Waals surface area (Å²) in [6.07, 6.45) is 1.20. The van der Waals surface area contributed by atoms with Crippen molar-refractivity contribution in [2.75, 3.05) is 13.7 Å². The highest BCUT2D eigenvalue weighted by Gasteiger charge is 2.30. The number of hydrogen-bond donors (Lipinski definition) is 1. The molecule has 0 aliphatic carbocycles. The highest BCUT2D eigenvalue weighted by molar-refractivity contribution is 5.88. The summed E-state index contributed by atoms with van der Waals surface area (Å²) < 4.78 is 19.8. The van der Waals surface area contributed by atoms with Crippen LogP contribution in [0.25, 0.3) is 0 Å². The van der Waals surface area contributed by atoms with Crippen LogP contribution < -0.4 is 10.1 Å². The molecule has 0 bridgehead atoms. The lowest BCUT2D eigenvalue weighted by molar-refractivity contribution is -0.140. The van der Waals surface area contributed by atoms with E-state index in [1.54, 1.807) is 37.4 Å². The van der Waals surface area contributed by atoms with Gasteiger partial charge in [-0.3, -0.25) is 9.59 Å². The number of nitrogens with one attached hydrogen (secondary N) is 1. The van der Waals surface area contributed by atoms with Crippen LogP contribution in [-0.2, 0) is 29.0 Å². The van der Waals surface area contributed by atoms with Gasteiger partial charge in [0.05, 0.1) is 13.5 Å². The van der Waals surface area contributed by atoms with E-state index in [4.69, 9.17) is 4.74 Å². The molecule has 1 atom stereocenters. The summed E-state index contributed by atoms with van der Waals surface area (Å²) in [5.74, 6) is -0.205. The number of rotatable bonds is 11. The molecule has 0 unspecified atom stereocenters. The Morgan fingerprint density at radius 3 is 2.26 bits per heavy atom. The van der Waals surface area contributed by atoms with Gasteiger partial charge >= 0.3 is 0 Å². The quantitative estimate of drug-likeness (QED) is 0.455. The van der Waals surface area contributed by atoms with Crippen LogP contribution in [0.15, 0.2) is 78.9 Å². The van der Waals surface area contributed by atoms with Gasteiger partial charge in [0.15, 0.2) is 0 Å². The lowest BCUT2D eigenvalue weighted by atomic mass is 10.0. The van der Waals surface area contributed by atoms with Gasteiger partial charge in [-0.25, -0.2) is 4.39 Å². The zero-order chi connectivity index (χ0) is 24.3. The van der Waals surface area contributed by atoms with Crippen molar-refractivity contribution in [2.45, 2.75) is 38.8 Å². The van der Waals surface area contributed by atoms with Gasteiger partial charge in [-0.1, -0.05) is 67.6 Å². The van der Waals surface area contributed by atoms with E-state index in [-0.39, 0.29) is 24.8 Å². The first-order valence-electron chi connectivity index (χ1n) is 11.5. The van der Waals surface area contributed by atoms with E-state index in [9.17, 15) is 14.0 Å². The van der Waals surface area contributed by atoms with E-state index < -0.39 is 11.9 Å². The SMILES string of the molecule is CCCNC(=O)[C@H](Cc1ccccc1)N(Cc1ccccc1F)C(=O)Cc1ccc(OC)cc1. The average Bonchev–Trinajstić information content (AvgIpc) is 2.86. The predicted molar refractivity (Wildman–Crippen MR) is 131 cm³/mol. The van der Waals surface area contributed by atoms with Gasteiger partial charge < -0.3 is 15.0 Å². The van der Waals surface area contributed by atoms with Crippen LogP contribution in [0.2, 0.25) is 0 Å². The third-order valence-electron chi connectivity index (χ3n) is 5.63. The molecule has 3 aromatic rings. The van der Waals surface area contributed by atoms with Crippen LogP contribution in [0.5, 0.6) is 5.75 Å². The van der Waals surface area contributed by atoms with Crippen molar-refractivity contribution >= 4 is 11.8 Å². The van der Waals surface area contributed by atoms with Crippen molar-refractivity contribution < 1.29 is 18.7 Å². The molecule has 0 aliphatic rings. The fraction of sp³-hybridized carbons (Fsp3) is 0.286. The number of hydrogen-bond acceptors (Lipinski definition) is 3. The number of nitrogens with zero attached hydrogens (tertiary/aromatic N) is 1. The Bertz CT molecular complexity index is 1070. The molecule has 5 nitrogen and oxygen atoms in total. The second-order valence-electron chi connectivity index (χ2n) is 8.13. The molecule has 0 aromatic heterocycles. The minimum Gasteiger partial charge on any atom is -0.497 e. The Labute approximate surface area is 200 Å². The molecule has 0 heterocycles. The summed E-state index contributed by atoms with van der Waals surface area (Å²) in [5.41, 5.74) is 2.08. The highest BCUT2D eigenvalue weighted by Crippen LogP contribution is 2.19. The van der Waals surface area contributed by atoms with Crippen molar-refractivity contribution in [3.63, 3.8) is 0 Å². The largest absolute Gasteiger partial charge is 0.497 e. The van der Waals surface area contributed by atoms with Gasteiger partial charge in [0.1, 0.15) is 17.6 Å². The molecule has 3 aromatic carbocycles. The van der Waals surface area contributed by atoms with Gasteiger partial charge in [-0.15, -0.1) is 0 Å². The molecule has 34 heavy (non-hydrogen) atoms. The minimum atomic E-state index is -0.778. The molecule has 0 spiro atoms. The minimum absolute atomic E-state index is 0.00128. The van der Waals surface area contributed by atoms with Gasteiger partial charge in [0.2, 0.25) is 11.8 Å². The van der Waals surface area contributed by atoms with Crippen LogP contribution in [0.3, 0.4) is 0 Å². The summed E-state index contributed by atoms with van der Waals surface area (Å²) in [6.45, 7) is 2.47. The zero-order valence-corrected chi connectivity index (χ0v) is 19.7. The molecule has 0 saturated heterocycles. The average molecular weight is 463 g/mol. The number of carbonyl (C=O) groups is 2. The van der Waals surface area contributed by atoms with E-state index in [1.165, 1.54) is 11.0 Å². The fourth-order valence-corrected chi connectivity index (χ4v) is 3.75. The number of amides is 2. The molecule has 6 heteroatoms. The molecular formula is C28H31FN2O3. The number of ether oxygens (including phenoxy) is 1. The van der Waals surface area contributed by atoms with Crippen molar-refractivity contribution in [1.82, 2.24) is 10.2 Å². The first-order chi connectivity index (χ1) is 16.5. The number of benzene rings is 3. The molecule has 0 saturated carbocycles. The molecule has 0 fully saturated rings. The molecule has 178 valence electrons. The summed E-state index contributed by atoms with van der Waals surface area (Å²) in [5, 5.41) is 2.92. The van der Waals surface area contributed by atoms with Crippen LogP contribution in [0.4, 0.5) is 4.39 Å². The summed E-state index contributed by atoms with van der Waals surface area (Å²) >= 11 is 0. The maximum absolute atomic E-state index is 14.6. The Kier molecular flexibility index (Phi) is 9.21. The number of carbonyl (C=O) groups excluding carboxylic acids is 2. The standard InChI is InChI=1S/C28H31FN2O3/c1-3-17-30-28(33)26(18-21-9-5-4-6-10-21)31(20-23-11-7-8-12-25(23)29)27(32)19-22-13-15-24(34-2)16-14-22/h4-16,26H,3,17-20H2,1-2H3,(H,30,33)/t26-/m0/s1. The van der Waals surface area contributed by atoms with Gasteiger partial charge in [-0.05, 0) is 35.7 Å². The van der Waals surface area contributed by atoms with E-state index in [0.29, 0.717) is 24.3 Å². The lowest BCUT2D eigenvalue weighted by Gasteiger charge is -2.32. The third kappa shape index (κ3) is 6.91. The maximum Gasteiger partial charge on any atom is 0.243 e. The van der Waals surface area contributed by atoms with E-state index >= 15 is 0 Å². The van der Waals surface area contributed by atoms with Crippen LogP contribution in [0.1, 0.15) is 30.0 Å². The molecular weight excluding hydrogens is 431 g/mol. The first kappa shape index (κ1) is 25.0. The summed E-state index contributed by atoms with van der Waals surface area (Å²) in [6, 6.07) is 22.4. The van der Waals surface area contributed by atoms with Crippen LogP contribution in [-0.4, -0.2) is 36.4 Å². The highest BCUT2D eigenvalue weighted by atomic mass is 19.1. The van der Waals surface area contributed by atoms with E-state index in [0.717, 1.165) is 17.5 Å². The first-order valence-corrected chi connectivity index (χ1v) is 11.5. The second-order valence-corrected chi connectivity index (χ2v) is 8.13. The number of halogens is 1. The normalized spacial score (nSPS) is 11.5. The van der Waals surface area contributed by atoms with Crippen molar-refractivity contribution in [3.05, 3.63) is 101 Å². The maximum atomic E-state index is 14.6. The Balaban J connectivity index is 1.94. The molecule has 3 rings (SSSR count). The Hall–Kier alpha value is -3.67. The Morgan fingerprint density at radius 2 is 1.62 bits per heavy atom. The van der Waals surface area contributed by atoms with Crippen molar-refractivity contribution in [2.24, 2.45) is 0 Å². The Morgan fingerprint density at radius 1 is 0.941 bits per heavy atom. The smallest absolute Gasteiger partial charge is 0.243 e. The van der Waals surface area contributed by atoms with E-state index in [1.807, 2.05) is 49.4 Å². The van der Waals surface area contributed by atoms with Crippen LogP contribution >= 0.6 is 0 Å². The zero-order valence-electron chi connectivity index (χ0n) is 19.7. The van der Waals surface area contributed by atoms with E-state index in [2.05, 4.69) is 5.32 Å². The second kappa shape index (κ2) is 12.5. The third-order valence-corrected chi connectivity index (χ3v) is 5.63. The number of methoxy groups -OCH3 is 1. The lowest BCUT2D eigenvalue weighted by Crippen LogP contribution is -2.51. The fourth-order valence-electron chi connectivity index (χ4n) is 3.75. The molecule has 2 amide bonds. The van der Waals surface area contributed by atoms with Gasteiger partial charge in [-0.2, -0.15) is 0 Å². The van der Waals surface area contributed by atoms with Gasteiger partial charge in [0, 0.05) is 25.1 Å².